The lowest BCUT2D eigenvalue weighted by Gasteiger charge is -2.38. The summed E-state index contributed by atoms with van der Waals surface area (Å²) in [5.41, 5.74) is 12.0. The van der Waals surface area contributed by atoms with Crippen LogP contribution in [0.1, 0.15) is 50.4 Å². The van der Waals surface area contributed by atoms with Crippen LogP contribution in [0.2, 0.25) is 0 Å². The zero-order chi connectivity index (χ0) is 15.4. The molecule has 1 heterocycles. The van der Waals surface area contributed by atoms with E-state index in [1.165, 1.54) is 19.0 Å². The number of aromatic nitrogens is 1. The Kier molecular flexibility index (Phi) is 2.94. The predicted octanol–water partition coefficient (Wildman–Crippen LogP) is 2.36. The molecule has 2 fully saturated rings. The fourth-order valence-corrected chi connectivity index (χ4v) is 4.18. The largest absolute Gasteiger partial charge is 0.474 e. The SMILES string of the molecule is CC1(C)C2CCC1(C)C(Oc1cc(C(N)=O)c(N)cn1)C2. The van der Waals surface area contributed by atoms with Crippen molar-refractivity contribution in [3.8, 4) is 5.88 Å². The number of amides is 1. The molecule has 0 saturated heterocycles. The molecule has 2 saturated carbocycles. The number of primary amides is 1. The van der Waals surface area contributed by atoms with Crippen molar-refractivity contribution in [3.05, 3.63) is 17.8 Å². The lowest BCUT2D eigenvalue weighted by molar-refractivity contribution is 0.0273. The quantitative estimate of drug-likeness (QED) is 0.893. The van der Waals surface area contributed by atoms with Crippen LogP contribution in [0.3, 0.4) is 0 Å². The summed E-state index contributed by atoms with van der Waals surface area (Å²) < 4.78 is 6.12. The van der Waals surface area contributed by atoms with Gasteiger partial charge in [-0.15, -0.1) is 0 Å². The Morgan fingerprint density at radius 1 is 1.43 bits per heavy atom. The number of nitrogen functional groups attached to an aromatic ring is 1. The summed E-state index contributed by atoms with van der Waals surface area (Å²) in [6, 6.07) is 1.56. The molecule has 3 unspecified atom stereocenters. The topological polar surface area (TPSA) is 91.2 Å². The number of carbonyl (C=O) groups is 1. The van der Waals surface area contributed by atoms with E-state index in [0.717, 1.165) is 6.42 Å². The molecule has 5 nitrogen and oxygen atoms in total. The number of nitrogens with two attached hydrogens (primary N) is 2. The monoisotopic (exact) mass is 289 g/mol. The zero-order valence-electron chi connectivity index (χ0n) is 12.8. The van der Waals surface area contributed by atoms with E-state index in [0.29, 0.717) is 11.8 Å². The minimum absolute atomic E-state index is 0.128. The first-order valence-electron chi connectivity index (χ1n) is 7.47. The maximum absolute atomic E-state index is 11.4. The molecule has 1 aromatic rings. The van der Waals surface area contributed by atoms with Gasteiger partial charge in [0.15, 0.2) is 0 Å². The highest BCUT2D eigenvalue weighted by molar-refractivity contribution is 5.98. The van der Waals surface area contributed by atoms with Gasteiger partial charge in [-0.3, -0.25) is 4.79 Å². The summed E-state index contributed by atoms with van der Waals surface area (Å²) in [4.78, 5) is 15.6. The molecule has 1 aromatic heterocycles. The zero-order valence-corrected chi connectivity index (χ0v) is 12.8. The Hall–Kier alpha value is -1.78. The van der Waals surface area contributed by atoms with Gasteiger partial charge in [0.25, 0.3) is 5.91 Å². The molecule has 2 aliphatic rings. The average molecular weight is 289 g/mol. The van der Waals surface area contributed by atoms with Gasteiger partial charge >= 0.3 is 0 Å². The molecular formula is C16H23N3O2. The summed E-state index contributed by atoms with van der Waals surface area (Å²) in [5, 5.41) is 0. The number of hydrogen-bond acceptors (Lipinski definition) is 4. The van der Waals surface area contributed by atoms with Crippen molar-refractivity contribution in [3.63, 3.8) is 0 Å². The van der Waals surface area contributed by atoms with Crippen LogP contribution < -0.4 is 16.2 Å². The molecule has 1 amide bonds. The summed E-state index contributed by atoms with van der Waals surface area (Å²) in [5.74, 6) is 0.573. The maximum atomic E-state index is 11.4. The fourth-order valence-electron chi connectivity index (χ4n) is 4.18. The van der Waals surface area contributed by atoms with Crippen LogP contribution in [0.15, 0.2) is 12.3 Å². The van der Waals surface area contributed by atoms with Crippen LogP contribution in [0.4, 0.5) is 5.69 Å². The summed E-state index contributed by atoms with van der Waals surface area (Å²) in [6.07, 6.45) is 5.05. The highest BCUT2D eigenvalue weighted by Gasteiger charge is 2.62. The fraction of sp³-hybridized carbons (Fsp3) is 0.625. The van der Waals surface area contributed by atoms with Crippen molar-refractivity contribution in [1.82, 2.24) is 4.98 Å². The highest BCUT2D eigenvalue weighted by atomic mass is 16.5. The Morgan fingerprint density at radius 3 is 2.67 bits per heavy atom. The van der Waals surface area contributed by atoms with Gasteiger partial charge in [0.2, 0.25) is 5.88 Å². The number of rotatable bonds is 3. The average Bonchev–Trinajstić information content (AvgIpc) is 2.74. The normalized spacial score (nSPS) is 33.1. The third-order valence-electron chi connectivity index (χ3n) is 6.15. The van der Waals surface area contributed by atoms with Crippen molar-refractivity contribution in [2.45, 2.75) is 46.1 Å². The molecule has 114 valence electrons. The molecule has 3 rings (SSSR count). The van der Waals surface area contributed by atoms with Crippen LogP contribution in [0.5, 0.6) is 5.88 Å². The van der Waals surface area contributed by atoms with Gasteiger partial charge in [0.1, 0.15) is 6.10 Å². The molecule has 0 aromatic carbocycles. The van der Waals surface area contributed by atoms with Gasteiger partial charge < -0.3 is 16.2 Å². The maximum Gasteiger partial charge on any atom is 0.251 e. The summed E-state index contributed by atoms with van der Waals surface area (Å²) in [7, 11) is 0. The van der Waals surface area contributed by atoms with E-state index in [4.69, 9.17) is 16.2 Å². The lowest BCUT2D eigenvalue weighted by Crippen LogP contribution is -2.39. The first kappa shape index (κ1) is 14.2. The smallest absolute Gasteiger partial charge is 0.251 e. The van der Waals surface area contributed by atoms with E-state index in [-0.39, 0.29) is 28.2 Å². The molecule has 0 spiro atoms. The Labute approximate surface area is 125 Å². The minimum Gasteiger partial charge on any atom is -0.474 e. The Balaban J connectivity index is 1.86. The van der Waals surface area contributed by atoms with Crippen molar-refractivity contribution in [2.24, 2.45) is 22.5 Å². The molecule has 0 radical (unpaired) electrons. The van der Waals surface area contributed by atoms with E-state index >= 15 is 0 Å². The van der Waals surface area contributed by atoms with Crippen LogP contribution in [0.25, 0.3) is 0 Å². The third-order valence-corrected chi connectivity index (χ3v) is 6.15. The second kappa shape index (κ2) is 4.36. The molecule has 2 bridgehead atoms. The van der Waals surface area contributed by atoms with Gasteiger partial charge in [0, 0.05) is 11.5 Å². The molecule has 5 heteroatoms. The van der Waals surface area contributed by atoms with Gasteiger partial charge in [-0.2, -0.15) is 0 Å². The van der Waals surface area contributed by atoms with Crippen molar-refractivity contribution in [1.29, 1.82) is 0 Å². The van der Waals surface area contributed by atoms with E-state index in [9.17, 15) is 4.79 Å². The number of pyridine rings is 1. The lowest BCUT2D eigenvalue weighted by atomic mass is 9.70. The molecule has 3 atom stereocenters. The second-order valence-corrected chi connectivity index (χ2v) is 7.19. The standard InChI is InChI=1S/C16H23N3O2/c1-15(2)9-4-5-16(15,3)12(6-9)21-13-7-10(14(18)20)11(17)8-19-13/h7-9,12H,4-6,17H2,1-3H3,(H2,18,20). The van der Waals surface area contributed by atoms with Gasteiger partial charge in [-0.05, 0) is 30.6 Å². The van der Waals surface area contributed by atoms with E-state index < -0.39 is 5.91 Å². The number of hydrogen-bond donors (Lipinski definition) is 2. The number of nitrogens with zero attached hydrogens (tertiary/aromatic N) is 1. The van der Waals surface area contributed by atoms with E-state index in [1.54, 1.807) is 6.07 Å². The molecule has 21 heavy (non-hydrogen) atoms. The first-order chi connectivity index (χ1) is 9.75. The summed E-state index contributed by atoms with van der Waals surface area (Å²) in [6.45, 7) is 6.97. The number of anilines is 1. The van der Waals surface area contributed by atoms with Crippen molar-refractivity contribution >= 4 is 11.6 Å². The van der Waals surface area contributed by atoms with E-state index in [1.807, 2.05) is 0 Å². The predicted molar refractivity (Wildman–Crippen MR) is 80.8 cm³/mol. The third kappa shape index (κ3) is 1.90. The second-order valence-electron chi connectivity index (χ2n) is 7.19. The number of ether oxygens (including phenoxy) is 1. The van der Waals surface area contributed by atoms with Crippen molar-refractivity contribution in [2.75, 3.05) is 5.73 Å². The van der Waals surface area contributed by atoms with E-state index in [2.05, 4.69) is 25.8 Å². The van der Waals surface area contributed by atoms with Gasteiger partial charge in [-0.25, -0.2) is 4.98 Å². The number of fused-ring (bicyclic) bond motifs is 2. The first-order valence-corrected chi connectivity index (χ1v) is 7.47. The molecule has 0 aliphatic heterocycles. The molecular weight excluding hydrogens is 266 g/mol. The Bertz CT molecular complexity index is 599. The number of carbonyl (C=O) groups excluding carboxylic acids is 1. The molecule has 2 aliphatic carbocycles. The molecule has 4 N–H and O–H groups in total. The van der Waals surface area contributed by atoms with Crippen LogP contribution in [0, 0.1) is 16.7 Å². The van der Waals surface area contributed by atoms with Crippen LogP contribution in [-0.4, -0.2) is 17.0 Å². The van der Waals surface area contributed by atoms with Crippen molar-refractivity contribution < 1.29 is 9.53 Å². The summed E-state index contributed by atoms with van der Waals surface area (Å²) >= 11 is 0. The van der Waals surface area contributed by atoms with Gasteiger partial charge in [-0.1, -0.05) is 20.8 Å². The van der Waals surface area contributed by atoms with Crippen LogP contribution in [-0.2, 0) is 0 Å². The highest BCUT2D eigenvalue weighted by Crippen LogP contribution is 2.66. The minimum atomic E-state index is -0.556. The van der Waals surface area contributed by atoms with Crippen LogP contribution >= 0.6 is 0 Å². The van der Waals surface area contributed by atoms with Gasteiger partial charge in [0.05, 0.1) is 17.4 Å². The Morgan fingerprint density at radius 2 is 2.14 bits per heavy atom.